The second-order valence-electron chi connectivity index (χ2n) is 15.6. The molecule has 7 aromatic carbocycles. The Bertz CT molecular complexity index is 2910. The summed E-state index contributed by atoms with van der Waals surface area (Å²) < 4.78 is 6.71. The van der Waals surface area contributed by atoms with Crippen LogP contribution in [0.2, 0.25) is 0 Å². The minimum atomic E-state index is 0.0458. The van der Waals surface area contributed by atoms with Crippen LogP contribution < -0.4 is 0 Å². The van der Waals surface area contributed by atoms with E-state index in [0.717, 1.165) is 46.8 Å². The lowest BCUT2D eigenvalue weighted by molar-refractivity contribution is 0.372. The second-order valence-corrected chi connectivity index (χ2v) is 15.6. The molecule has 0 bridgehead atoms. The maximum Gasteiger partial charge on any atom is 0.136 e. The third-order valence-electron chi connectivity index (χ3n) is 12.8. The average Bonchev–Trinajstić information content (AvgIpc) is 3.62. The molecule has 11 rings (SSSR count). The largest absolute Gasteiger partial charge is 0.456 e. The highest BCUT2D eigenvalue weighted by molar-refractivity contribution is 6.16. The van der Waals surface area contributed by atoms with Crippen molar-refractivity contribution < 1.29 is 4.42 Å². The van der Waals surface area contributed by atoms with E-state index in [9.17, 15) is 5.26 Å². The summed E-state index contributed by atoms with van der Waals surface area (Å²) in [6.45, 7) is 0. The summed E-state index contributed by atoms with van der Waals surface area (Å²) in [5.74, 6) is 0.681. The van der Waals surface area contributed by atoms with E-state index in [2.05, 4.69) is 170 Å². The molecule has 262 valence electrons. The molecule has 1 aromatic heterocycles. The predicted octanol–water partition coefficient (Wildman–Crippen LogP) is 14.0. The van der Waals surface area contributed by atoms with E-state index in [4.69, 9.17) is 4.42 Å². The number of furan rings is 1. The molecule has 1 saturated carbocycles. The molecule has 0 amide bonds. The molecule has 4 unspecified atom stereocenters. The van der Waals surface area contributed by atoms with Crippen molar-refractivity contribution in [3.05, 3.63) is 197 Å². The van der Waals surface area contributed by atoms with Gasteiger partial charge >= 0.3 is 0 Å². The van der Waals surface area contributed by atoms with Crippen LogP contribution >= 0.6 is 0 Å². The molecule has 3 aliphatic carbocycles. The number of hydrogen-bond acceptors (Lipinski definition) is 2. The number of allylic oxidation sites excluding steroid dienone is 5. The van der Waals surface area contributed by atoms with Crippen LogP contribution in [-0.4, -0.2) is 0 Å². The van der Waals surface area contributed by atoms with E-state index in [1.807, 2.05) is 0 Å². The van der Waals surface area contributed by atoms with E-state index in [1.165, 1.54) is 72.5 Å². The van der Waals surface area contributed by atoms with Crippen LogP contribution in [0.25, 0.3) is 60.2 Å². The number of hydrogen-bond donors (Lipinski definition) is 0. The summed E-state index contributed by atoms with van der Waals surface area (Å²) >= 11 is 0. The van der Waals surface area contributed by atoms with Crippen molar-refractivity contribution in [1.82, 2.24) is 0 Å². The summed E-state index contributed by atoms with van der Waals surface area (Å²) in [4.78, 5) is 0. The van der Waals surface area contributed by atoms with Gasteiger partial charge in [-0.1, -0.05) is 152 Å². The maximum atomic E-state index is 10.2. The highest BCUT2D eigenvalue weighted by Crippen LogP contribution is 2.51. The van der Waals surface area contributed by atoms with E-state index in [1.54, 1.807) is 0 Å². The number of benzene rings is 7. The van der Waals surface area contributed by atoms with Crippen LogP contribution in [0.4, 0.5) is 0 Å². The molecular weight excluding hydrogens is 667 g/mol. The highest BCUT2D eigenvalue weighted by Gasteiger charge is 2.36. The van der Waals surface area contributed by atoms with Crippen LogP contribution in [0.1, 0.15) is 65.3 Å². The van der Waals surface area contributed by atoms with Gasteiger partial charge in [-0.15, -0.1) is 0 Å². The Balaban J connectivity index is 1.06. The molecule has 0 aliphatic heterocycles. The fourth-order valence-electron chi connectivity index (χ4n) is 10.4. The number of fused-ring (bicyclic) bond motifs is 7. The summed E-state index contributed by atoms with van der Waals surface area (Å²) in [5, 5.41) is 17.5. The van der Waals surface area contributed by atoms with E-state index in [-0.39, 0.29) is 23.7 Å². The van der Waals surface area contributed by atoms with E-state index < -0.39 is 0 Å². The molecule has 3 aliphatic rings. The Labute approximate surface area is 321 Å². The third-order valence-corrected chi connectivity index (χ3v) is 12.8. The van der Waals surface area contributed by atoms with Crippen molar-refractivity contribution >= 4 is 49.1 Å². The number of nitriles is 1. The Hall–Kier alpha value is -6.43. The summed E-state index contributed by atoms with van der Waals surface area (Å²) in [5.41, 5.74) is 13.5. The first-order valence-corrected chi connectivity index (χ1v) is 19.8. The Morgan fingerprint density at radius 2 is 1.31 bits per heavy atom. The lowest BCUT2D eigenvalue weighted by atomic mass is 9.66. The van der Waals surface area contributed by atoms with Crippen molar-refractivity contribution in [1.29, 1.82) is 5.26 Å². The molecular formula is C53H39NO. The van der Waals surface area contributed by atoms with Crippen LogP contribution in [0.5, 0.6) is 0 Å². The van der Waals surface area contributed by atoms with Gasteiger partial charge in [0.05, 0.1) is 12.0 Å². The third kappa shape index (κ3) is 5.00. The molecule has 1 fully saturated rings. The van der Waals surface area contributed by atoms with Crippen LogP contribution in [0.15, 0.2) is 174 Å². The van der Waals surface area contributed by atoms with Crippen molar-refractivity contribution in [3.8, 4) is 17.2 Å². The van der Waals surface area contributed by atoms with Gasteiger partial charge in [0.25, 0.3) is 0 Å². The molecule has 0 saturated heterocycles. The molecule has 0 spiro atoms. The molecule has 2 nitrogen and oxygen atoms in total. The second kappa shape index (κ2) is 12.9. The molecule has 0 radical (unpaired) electrons. The zero-order valence-electron chi connectivity index (χ0n) is 30.6. The lowest BCUT2D eigenvalue weighted by Crippen LogP contribution is -2.22. The minimum Gasteiger partial charge on any atom is -0.456 e. The van der Waals surface area contributed by atoms with Crippen molar-refractivity contribution in [2.45, 2.75) is 37.5 Å². The van der Waals surface area contributed by atoms with Crippen LogP contribution in [-0.2, 0) is 0 Å². The van der Waals surface area contributed by atoms with Crippen LogP contribution in [0.3, 0.4) is 0 Å². The highest BCUT2D eigenvalue weighted by atomic mass is 16.3. The predicted molar refractivity (Wildman–Crippen MR) is 227 cm³/mol. The minimum absolute atomic E-state index is 0.0458. The fourth-order valence-corrected chi connectivity index (χ4v) is 10.4. The molecule has 4 atom stereocenters. The fraction of sp³-hybridized carbons (Fsp3) is 0.151. The zero-order chi connectivity index (χ0) is 36.5. The standard InChI is InChI=1S/C53H39NO/c54-32-36-16-4-5-17-37(36)53-45-24-12-10-22-43(45)52(44-23-11-13-25-46(44)53)35-26-28-38-47-30-34(27-29-48(47)55-49(38)31-35)51-41-20-8-6-18-39(41)50(33-14-2-1-3-15-33)40-19-7-9-21-42(40)51/h1-3,6-15,18-31,36-37,41,51H,4-5,16-17H2. The quantitative estimate of drug-likeness (QED) is 0.171. The van der Waals surface area contributed by atoms with Gasteiger partial charge in [-0.25, -0.2) is 0 Å². The van der Waals surface area contributed by atoms with Gasteiger partial charge in [-0.05, 0) is 109 Å². The van der Waals surface area contributed by atoms with Gasteiger partial charge in [-0.2, -0.15) is 5.26 Å². The SMILES string of the molecule is N#CC1CCCCC1c1c2ccccc2c(-c2ccc3c(c2)oc2ccc(C4c5ccccc5C(c5ccccc5)=C5C=CC=CC54)cc23)c2ccccc12. The zero-order valence-corrected chi connectivity index (χ0v) is 30.6. The molecule has 2 heteroatoms. The number of rotatable bonds is 4. The molecule has 1 heterocycles. The van der Waals surface area contributed by atoms with Gasteiger partial charge in [0, 0.05) is 28.5 Å². The van der Waals surface area contributed by atoms with Gasteiger partial charge < -0.3 is 4.42 Å². The maximum absolute atomic E-state index is 10.2. The summed E-state index contributed by atoms with van der Waals surface area (Å²) in [7, 11) is 0. The smallest absolute Gasteiger partial charge is 0.136 e. The van der Waals surface area contributed by atoms with Gasteiger partial charge in [0.15, 0.2) is 0 Å². The first-order chi connectivity index (χ1) is 27.3. The first kappa shape index (κ1) is 32.0. The Morgan fingerprint density at radius 1 is 0.582 bits per heavy atom. The topological polar surface area (TPSA) is 36.9 Å². The van der Waals surface area contributed by atoms with E-state index >= 15 is 0 Å². The summed E-state index contributed by atoms with van der Waals surface area (Å²) in [6, 6.07) is 53.9. The summed E-state index contributed by atoms with van der Waals surface area (Å²) in [6.07, 6.45) is 13.4. The monoisotopic (exact) mass is 705 g/mol. The Morgan fingerprint density at radius 3 is 2.11 bits per heavy atom. The molecule has 0 N–H and O–H groups in total. The van der Waals surface area contributed by atoms with Gasteiger partial charge in [-0.3, -0.25) is 0 Å². The van der Waals surface area contributed by atoms with Gasteiger partial charge in [0.2, 0.25) is 0 Å². The molecule has 55 heavy (non-hydrogen) atoms. The normalized spacial score (nSPS) is 20.6. The van der Waals surface area contributed by atoms with Gasteiger partial charge in [0.1, 0.15) is 11.2 Å². The van der Waals surface area contributed by atoms with Crippen molar-refractivity contribution in [2.75, 3.05) is 0 Å². The van der Waals surface area contributed by atoms with E-state index in [0.29, 0.717) is 0 Å². The average molecular weight is 706 g/mol. The van der Waals surface area contributed by atoms with Crippen molar-refractivity contribution in [2.24, 2.45) is 11.8 Å². The van der Waals surface area contributed by atoms with Crippen molar-refractivity contribution in [3.63, 3.8) is 0 Å². The first-order valence-electron chi connectivity index (χ1n) is 19.8. The Kier molecular flexibility index (Phi) is 7.49. The molecule has 8 aromatic rings. The number of nitrogens with zero attached hydrogens (tertiary/aromatic N) is 1. The van der Waals surface area contributed by atoms with Crippen LogP contribution in [0, 0.1) is 23.2 Å². The lowest BCUT2D eigenvalue weighted by Gasteiger charge is -2.36.